The normalized spacial score (nSPS) is 11.9. The van der Waals surface area contributed by atoms with Crippen molar-refractivity contribution in [3.8, 4) is 0 Å². The van der Waals surface area contributed by atoms with Crippen LogP contribution >= 0.6 is 15.9 Å². The van der Waals surface area contributed by atoms with Crippen LogP contribution in [0, 0.1) is 6.92 Å². The molecule has 0 unspecified atom stereocenters. The third-order valence-electron chi connectivity index (χ3n) is 3.21. The Labute approximate surface area is 126 Å². The number of aromatic nitrogens is 1. The summed E-state index contributed by atoms with van der Waals surface area (Å²) in [6.45, 7) is 1.93. The van der Waals surface area contributed by atoms with Crippen LogP contribution in [0.3, 0.4) is 0 Å². The maximum absolute atomic E-state index is 12.7. The fourth-order valence-corrected chi connectivity index (χ4v) is 4.21. The van der Waals surface area contributed by atoms with Crippen LogP contribution in [0.25, 0.3) is 10.9 Å². The second-order valence-corrected chi connectivity index (χ2v) is 7.28. The Kier molecular flexibility index (Phi) is 3.18. The van der Waals surface area contributed by atoms with Gasteiger partial charge in [0.15, 0.2) is 0 Å². The van der Waals surface area contributed by atoms with Crippen LogP contribution in [0.1, 0.15) is 5.56 Å². The summed E-state index contributed by atoms with van der Waals surface area (Å²) in [4.78, 5) is 0.288. The zero-order valence-corrected chi connectivity index (χ0v) is 13.1. The first-order valence-corrected chi connectivity index (χ1v) is 8.31. The summed E-state index contributed by atoms with van der Waals surface area (Å²) in [5.41, 5.74) is 1.69. The molecular formula is C15H12BrNO2S. The lowest BCUT2D eigenvalue weighted by atomic mass is 10.2. The molecule has 0 fully saturated rings. The lowest BCUT2D eigenvalue weighted by molar-refractivity contribution is 0.589. The van der Waals surface area contributed by atoms with E-state index in [-0.39, 0.29) is 4.90 Å². The van der Waals surface area contributed by atoms with E-state index in [4.69, 9.17) is 0 Å². The van der Waals surface area contributed by atoms with E-state index < -0.39 is 10.0 Å². The van der Waals surface area contributed by atoms with Crippen LogP contribution in [0.5, 0.6) is 0 Å². The molecule has 0 saturated heterocycles. The first-order valence-electron chi connectivity index (χ1n) is 6.08. The van der Waals surface area contributed by atoms with Crippen molar-refractivity contribution >= 4 is 36.9 Å². The van der Waals surface area contributed by atoms with Crippen LogP contribution in [0.2, 0.25) is 0 Å². The Morgan fingerprint density at radius 2 is 1.70 bits per heavy atom. The summed E-state index contributed by atoms with van der Waals surface area (Å²) in [5.74, 6) is 0. The SMILES string of the molecule is Cc1ccc(S(=O)(=O)n2ccc3cccc(Br)c32)cc1. The number of fused-ring (bicyclic) bond motifs is 1. The summed E-state index contributed by atoms with van der Waals surface area (Å²) in [7, 11) is -3.57. The molecule has 0 radical (unpaired) electrons. The van der Waals surface area contributed by atoms with Crippen molar-refractivity contribution in [2.45, 2.75) is 11.8 Å². The van der Waals surface area contributed by atoms with Gasteiger partial charge in [-0.1, -0.05) is 29.8 Å². The largest absolute Gasteiger partial charge is 0.268 e. The fourth-order valence-electron chi connectivity index (χ4n) is 2.15. The average Bonchev–Trinajstić information content (AvgIpc) is 2.85. The molecule has 20 heavy (non-hydrogen) atoms. The predicted octanol–water partition coefficient (Wildman–Crippen LogP) is 3.95. The third kappa shape index (κ3) is 2.07. The maximum Gasteiger partial charge on any atom is 0.268 e. The monoisotopic (exact) mass is 349 g/mol. The molecule has 0 aliphatic rings. The first kappa shape index (κ1) is 13.4. The average molecular weight is 350 g/mol. The molecule has 0 bridgehead atoms. The molecule has 3 rings (SSSR count). The second kappa shape index (κ2) is 4.75. The number of hydrogen-bond acceptors (Lipinski definition) is 2. The molecule has 0 atom stereocenters. The first-order chi connectivity index (χ1) is 9.50. The summed E-state index contributed by atoms with van der Waals surface area (Å²) in [6.07, 6.45) is 1.59. The minimum atomic E-state index is -3.57. The van der Waals surface area contributed by atoms with Gasteiger partial charge in [-0.3, -0.25) is 0 Å². The van der Waals surface area contributed by atoms with Gasteiger partial charge in [0.05, 0.1) is 10.4 Å². The highest BCUT2D eigenvalue weighted by Gasteiger charge is 2.19. The summed E-state index contributed by atoms with van der Waals surface area (Å²) >= 11 is 3.42. The van der Waals surface area contributed by atoms with E-state index in [0.29, 0.717) is 5.52 Å². The molecule has 3 nitrogen and oxygen atoms in total. The number of para-hydroxylation sites is 1. The van der Waals surface area contributed by atoms with Gasteiger partial charge in [0, 0.05) is 16.1 Å². The van der Waals surface area contributed by atoms with Crippen molar-refractivity contribution in [3.05, 3.63) is 64.8 Å². The van der Waals surface area contributed by atoms with E-state index in [1.165, 1.54) is 3.97 Å². The van der Waals surface area contributed by atoms with Gasteiger partial charge in [-0.15, -0.1) is 0 Å². The van der Waals surface area contributed by atoms with Gasteiger partial charge >= 0.3 is 0 Å². The number of hydrogen-bond donors (Lipinski definition) is 0. The minimum absolute atomic E-state index is 0.288. The van der Waals surface area contributed by atoms with Crippen molar-refractivity contribution in [1.82, 2.24) is 3.97 Å². The molecule has 0 saturated carbocycles. The standard InChI is InChI=1S/C15H12BrNO2S/c1-11-5-7-13(8-6-11)20(18,19)17-10-9-12-3-2-4-14(16)15(12)17/h2-10H,1H3. The molecule has 102 valence electrons. The highest BCUT2D eigenvalue weighted by atomic mass is 79.9. The van der Waals surface area contributed by atoms with E-state index in [9.17, 15) is 8.42 Å². The Morgan fingerprint density at radius 1 is 1.00 bits per heavy atom. The lowest BCUT2D eigenvalue weighted by Gasteiger charge is -2.09. The Hall–Kier alpha value is -1.59. The molecule has 0 spiro atoms. The van der Waals surface area contributed by atoms with E-state index >= 15 is 0 Å². The highest BCUT2D eigenvalue weighted by molar-refractivity contribution is 9.10. The smallest absolute Gasteiger partial charge is 0.240 e. The van der Waals surface area contributed by atoms with Crippen LogP contribution in [-0.2, 0) is 10.0 Å². The van der Waals surface area contributed by atoms with E-state index in [1.807, 2.05) is 25.1 Å². The zero-order chi connectivity index (χ0) is 14.3. The summed E-state index contributed by atoms with van der Waals surface area (Å²) < 4.78 is 27.5. The van der Waals surface area contributed by atoms with Crippen molar-refractivity contribution in [3.63, 3.8) is 0 Å². The van der Waals surface area contributed by atoms with Crippen molar-refractivity contribution in [1.29, 1.82) is 0 Å². The highest BCUT2D eigenvalue weighted by Crippen LogP contribution is 2.28. The molecule has 0 aliphatic heterocycles. The van der Waals surface area contributed by atoms with E-state index in [1.54, 1.807) is 36.5 Å². The van der Waals surface area contributed by atoms with Gasteiger partial charge in [-0.05, 0) is 47.1 Å². The molecule has 5 heteroatoms. The van der Waals surface area contributed by atoms with Crippen molar-refractivity contribution < 1.29 is 8.42 Å². The van der Waals surface area contributed by atoms with Crippen LogP contribution < -0.4 is 0 Å². The lowest BCUT2D eigenvalue weighted by Crippen LogP contribution is -2.11. The van der Waals surface area contributed by atoms with Crippen molar-refractivity contribution in [2.75, 3.05) is 0 Å². The molecule has 0 aliphatic carbocycles. The second-order valence-electron chi connectivity index (χ2n) is 4.61. The predicted molar refractivity (Wildman–Crippen MR) is 83.4 cm³/mol. The molecule has 1 heterocycles. The quantitative estimate of drug-likeness (QED) is 0.702. The third-order valence-corrected chi connectivity index (χ3v) is 5.54. The zero-order valence-electron chi connectivity index (χ0n) is 10.7. The van der Waals surface area contributed by atoms with Gasteiger partial charge in [-0.25, -0.2) is 12.4 Å². The van der Waals surface area contributed by atoms with Crippen LogP contribution in [0.4, 0.5) is 0 Å². The molecule has 0 N–H and O–H groups in total. The van der Waals surface area contributed by atoms with E-state index in [0.717, 1.165) is 15.4 Å². The van der Waals surface area contributed by atoms with Crippen LogP contribution in [-0.4, -0.2) is 12.4 Å². The number of nitrogens with zero attached hydrogens (tertiary/aromatic N) is 1. The summed E-state index contributed by atoms with van der Waals surface area (Å²) in [5, 5.41) is 0.884. The topological polar surface area (TPSA) is 39.1 Å². The summed E-state index contributed by atoms with van der Waals surface area (Å²) in [6, 6.07) is 14.3. The molecule has 3 aromatic rings. The van der Waals surface area contributed by atoms with Crippen molar-refractivity contribution in [2.24, 2.45) is 0 Å². The number of aryl methyl sites for hydroxylation is 1. The molecule has 0 amide bonds. The maximum atomic E-state index is 12.7. The van der Waals surface area contributed by atoms with Gasteiger partial charge < -0.3 is 0 Å². The molecule has 2 aromatic carbocycles. The Morgan fingerprint density at radius 3 is 2.40 bits per heavy atom. The number of benzene rings is 2. The van der Waals surface area contributed by atoms with Gasteiger partial charge in [0.2, 0.25) is 0 Å². The van der Waals surface area contributed by atoms with Gasteiger partial charge in [0.25, 0.3) is 10.0 Å². The fraction of sp³-hybridized carbons (Fsp3) is 0.0667. The van der Waals surface area contributed by atoms with Gasteiger partial charge in [0.1, 0.15) is 0 Å². The molecule has 1 aromatic heterocycles. The molecular weight excluding hydrogens is 338 g/mol. The van der Waals surface area contributed by atoms with Gasteiger partial charge in [-0.2, -0.15) is 0 Å². The van der Waals surface area contributed by atoms with Crippen LogP contribution in [0.15, 0.2) is 64.1 Å². The Balaban J connectivity index is 2.27. The Bertz CT molecular complexity index is 880. The minimum Gasteiger partial charge on any atom is -0.240 e. The number of rotatable bonds is 2. The van der Waals surface area contributed by atoms with E-state index in [2.05, 4.69) is 15.9 Å². The number of halogens is 1.